The molecular weight excluding hydrogens is 407 g/mol. The van der Waals surface area contributed by atoms with Crippen LogP contribution in [0.3, 0.4) is 0 Å². The summed E-state index contributed by atoms with van der Waals surface area (Å²) in [6, 6.07) is 38.6. The summed E-state index contributed by atoms with van der Waals surface area (Å²) in [5.74, 6) is 1.54. The predicted molar refractivity (Wildman–Crippen MR) is 127 cm³/mol. The number of rotatable bonds is 4. The van der Waals surface area contributed by atoms with E-state index in [1.807, 2.05) is 24.3 Å². The lowest BCUT2D eigenvalue weighted by Crippen LogP contribution is -2.40. The molecule has 0 bridgehead atoms. The third kappa shape index (κ3) is 3.55. The Hall–Kier alpha value is -2.54. The van der Waals surface area contributed by atoms with Gasteiger partial charge in [0.15, 0.2) is 0 Å². The van der Waals surface area contributed by atoms with Crippen LogP contribution in [0.25, 0.3) is 0 Å². The lowest BCUT2D eigenvalue weighted by molar-refractivity contribution is 0.229. The van der Waals surface area contributed by atoms with Gasteiger partial charge in [-0.05, 0) is 70.2 Å². The van der Waals surface area contributed by atoms with Gasteiger partial charge in [0.25, 0.3) is 0 Å². The van der Waals surface area contributed by atoms with Crippen LogP contribution in [-0.2, 0) is 0 Å². The second kappa shape index (κ2) is 8.30. The number of hydrogen-bond donors (Lipinski definition) is 0. The zero-order chi connectivity index (χ0) is 20.5. The summed E-state index contributed by atoms with van der Waals surface area (Å²) in [5, 5.41) is 1.56. The number of benzene rings is 4. The Morgan fingerprint density at radius 2 is 0.600 bits per heavy atom. The summed E-state index contributed by atoms with van der Waals surface area (Å²) in [7, 11) is 0. The quantitative estimate of drug-likeness (QED) is 0.305. The van der Waals surface area contributed by atoms with Crippen LogP contribution < -0.4 is 0 Å². The van der Waals surface area contributed by atoms with E-state index in [1.54, 1.807) is 0 Å². The fourth-order valence-corrected chi connectivity index (χ4v) is 5.38. The average molecular weight is 429 g/mol. The molecule has 1 aliphatic carbocycles. The predicted octanol–water partition coefficient (Wildman–Crippen LogP) is 8.44. The Labute approximate surface area is 188 Å². The summed E-state index contributed by atoms with van der Waals surface area (Å²) < 4.78 is 0. The van der Waals surface area contributed by atoms with Crippen molar-refractivity contribution in [2.75, 3.05) is 0 Å². The molecule has 148 valence electrons. The van der Waals surface area contributed by atoms with Gasteiger partial charge in [-0.2, -0.15) is 0 Å². The molecule has 0 unspecified atom stereocenters. The lowest BCUT2D eigenvalue weighted by Gasteiger charge is -2.54. The standard InChI is InChI=1S/C28H22Cl2/c29-23-15-11-21(12-16-23)27-25(19-7-3-1-4-8-19)28(22-13-17-24(30)18-14-22)26(27)20-9-5-2-6-10-20/h1-18,25-28H. The third-order valence-electron chi connectivity index (χ3n) is 6.43. The van der Waals surface area contributed by atoms with Crippen molar-refractivity contribution >= 4 is 23.2 Å². The molecule has 0 aromatic heterocycles. The molecular formula is C28H22Cl2. The van der Waals surface area contributed by atoms with Gasteiger partial charge in [0.2, 0.25) is 0 Å². The molecule has 0 atom stereocenters. The molecule has 1 aliphatic rings. The van der Waals surface area contributed by atoms with Crippen LogP contribution in [-0.4, -0.2) is 0 Å². The Morgan fingerprint density at radius 3 is 0.900 bits per heavy atom. The van der Waals surface area contributed by atoms with Gasteiger partial charge in [0.05, 0.1) is 0 Å². The molecule has 0 saturated heterocycles. The molecule has 2 heteroatoms. The van der Waals surface area contributed by atoms with Gasteiger partial charge in [0, 0.05) is 10.0 Å². The van der Waals surface area contributed by atoms with Crippen LogP contribution in [0.15, 0.2) is 109 Å². The highest BCUT2D eigenvalue weighted by molar-refractivity contribution is 6.30. The first-order chi connectivity index (χ1) is 14.7. The highest BCUT2D eigenvalue weighted by Gasteiger charge is 2.52. The molecule has 0 aliphatic heterocycles. The molecule has 30 heavy (non-hydrogen) atoms. The normalized spacial score (nSPS) is 23.0. The van der Waals surface area contributed by atoms with E-state index in [9.17, 15) is 0 Å². The van der Waals surface area contributed by atoms with Crippen molar-refractivity contribution in [2.24, 2.45) is 0 Å². The number of hydrogen-bond acceptors (Lipinski definition) is 0. The van der Waals surface area contributed by atoms with Crippen LogP contribution in [0.4, 0.5) is 0 Å². The van der Waals surface area contributed by atoms with E-state index in [4.69, 9.17) is 23.2 Å². The summed E-state index contributed by atoms with van der Waals surface area (Å²) in [4.78, 5) is 0. The van der Waals surface area contributed by atoms with Crippen LogP contribution in [0.2, 0.25) is 10.0 Å². The molecule has 0 heterocycles. The Kier molecular flexibility index (Phi) is 5.37. The highest BCUT2D eigenvalue weighted by Crippen LogP contribution is 2.66. The molecule has 0 radical (unpaired) electrons. The molecule has 5 rings (SSSR count). The Morgan fingerprint density at radius 1 is 0.333 bits per heavy atom. The molecule has 1 saturated carbocycles. The van der Waals surface area contributed by atoms with Crippen molar-refractivity contribution in [1.29, 1.82) is 0 Å². The van der Waals surface area contributed by atoms with Gasteiger partial charge in [-0.1, -0.05) is 108 Å². The van der Waals surface area contributed by atoms with Crippen LogP contribution in [0, 0.1) is 0 Å². The van der Waals surface area contributed by atoms with Crippen LogP contribution in [0.1, 0.15) is 45.9 Å². The zero-order valence-corrected chi connectivity index (χ0v) is 18.0. The fourth-order valence-electron chi connectivity index (χ4n) is 5.13. The van der Waals surface area contributed by atoms with E-state index < -0.39 is 0 Å². The van der Waals surface area contributed by atoms with Crippen molar-refractivity contribution in [3.05, 3.63) is 141 Å². The molecule has 4 aromatic carbocycles. The minimum atomic E-state index is 0.382. The summed E-state index contributed by atoms with van der Waals surface area (Å²) in [6.45, 7) is 0. The van der Waals surface area contributed by atoms with Gasteiger partial charge in [0.1, 0.15) is 0 Å². The minimum absolute atomic E-state index is 0.382. The minimum Gasteiger partial charge on any atom is -0.0843 e. The first-order valence-electron chi connectivity index (χ1n) is 10.3. The largest absolute Gasteiger partial charge is 0.0843 e. The second-order valence-electron chi connectivity index (χ2n) is 8.03. The fraction of sp³-hybridized carbons (Fsp3) is 0.143. The van der Waals surface area contributed by atoms with Crippen molar-refractivity contribution in [3.63, 3.8) is 0 Å². The summed E-state index contributed by atoms with van der Waals surface area (Å²) in [6.07, 6.45) is 0. The van der Waals surface area contributed by atoms with E-state index in [2.05, 4.69) is 84.9 Å². The Bertz CT molecular complexity index is 1000. The maximum Gasteiger partial charge on any atom is 0.0406 e. The monoisotopic (exact) mass is 428 g/mol. The summed E-state index contributed by atoms with van der Waals surface area (Å²) >= 11 is 12.4. The zero-order valence-electron chi connectivity index (χ0n) is 16.5. The first kappa shape index (κ1) is 19.4. The topological polar surface area (TPSA) is 0 Å². The van der Waals surface area contributed by atoms with E-state index >= 15 is 0 Å². The van der Waals surface area contributed by atoms with Gasteiger partial charge in [-0.3, -0.25) is 0 Å². The Balaban J connectivity index is 1.67. The van der Waals surface area contributed by atoms with E-state index in [1.165, 1.54) is 22.3 Å². The van der Waals surface area contributed by atoms with E-state index in [-0.39, 0.29) is 0 Å². The SMILES string of the molecule is Clc1ccc(C2C(c3ccccc3)C(c3ccc(Cl)cc3)C2c2ccccc2)cc1. The third-order valence-corrected chi connectivity index (χ3v) is 6.93. The van der Waals surface area contributed by atoms with E-state index in [0.29, 0.717) is 23.7 Å². The van der Waals surface area contributed by atoms with Crippen molar-refractivity contribution in [3.8, 4) is 0 Å². The van der Waals surface area contributed by atoms with Gasteiger partial charge >= 0.3 is 0 Å². The number of halogens is 2. The van der Waals surface area contributed by atoms with Crippen LogP contribution in [0.5, 0.6) is 0 Å². The summed E-state index contributed by atoms with van der Waals surface area (Å²) in [5.41, 5.74) is 5.44. The first-order valence-corrected chi connectivity index (χ1v) is 11.1. The highest BCUT2D eigenvalue weighted by atomic mass is 35.5. The molecule has 1 fully saturated rings. The lowest BCUT2D eigenvalue weighted by atomic mass is 9.49. The van der Waals surface area contributed by atoms with Crippen molar-refractivity contribution < 1.29 is 0 Å². The molecule has 0 nitrogen and oxygen atoms in total. The van der Waals surface area contributed by atoms with Gasteiger partial charge in [-0.15, -0.1) is 0 Å². The molecule has 0 amide bonds. The second-order valence-corrected chi connectivity index (χ2v) is 8.90. The maximum atomic E-state index is 6.21. The van der Waals surface area contributed by atoms with E-state index in [0.717, 1.165) is 10.0 Å². The van der Waals surface area contributed by atoms with Crippen molar-refractivity contribution in [1.82, 2.24) is 0 Å². The maximum absolute atomic E-state index is 6.21. The molecule has 0 N–H and O–H groups in total. The molecule has 4 aromatic rings. The smallest absolute Gasteiger partial charge is 0.0406 e. The molecule has 0 spiro atoms. The van der Waals surface area contributed by atoms with Crippen LogP contribution >= 0.6 is 23.2 Å². The van der Waals surface area contributed by atoms with Gasteiger partial charge in [-0.25, -0.2) is 0 Å². The van der Waals surface area contributed by atoms with Gasteiger partial charge < -0.3 is 0 Å². The average Bonchev–Trinajstić information content (AvgIpc) is 2.77. The van der Waals surface area contributed by atoms with Crippen molar-refractivity contribution in [2.45, 2.75) is 23.7 Å².